The second kappa shape index (κ2) is 8.92. The number of hydrogen-bond acceptors (Lipinski definition) is 3. The standard InChI is InChI=1S/C27H26NO3/c1-28-26(20-7-13-24(30-3)14-8-20)17-22(19-5-11-23(29-2)12-6-19)18-27(28)21-9-15-25(31-4)16-10-21/h5-18H,1-4H3/q+1. The van der Waals surface area contributed by atoms with Crippen molar-refractivity contribution >= 4 is 0 Å². The Morgan fingerprint density at radius 2 is 0.774 bits per heavy atom. The van der Waals surface area contributed by atoms with Crippen LogP contribution in [-0.4, -0.2) is 21.3 Å². The summed E-state index contributed by atoms with van der Waals surface area (Å²) in [4.78, 5) is 0. The molecule has 0 amide bonds. The van der Waals surface area contributed by atoms with Gasteiger partial charge in [-0.15, -0.1) is 0 Å². The van der Waals surface area contributed by atoms with Gasteiger partial charge in [0.1, 0.15) is 24.3 Å². The lowest BCUT2D eigenvalue weighted by molar-refractivity contribution is -0.649. The number of aromatic nitrogens is 1. The van der Waals surface area contributed by atoms with Crippen LogP contribution in [0.2, 0.25) is 0 Å². The van der Waals surface area contributed by atoms with Crippen LogP contribution in [0, 0.1) is 0 Å². The van der Waals surface area contributed by atoms with Gasteiger partial charge >= 0.3 is 0 Å². The van der Waals surface area contributed by atoms with Gasteiger partial charge in [-0.1, -0.05) is 12.1 Å². The molecular weight excluding hydrogens is 386 g/mol. The van der Waals surface area contributed by atoms with Gasteiger partial charge in [0.15, 0.2) is 0 Å². The van der Waals surface area contributed by atoms with Crippen LogP contribution >= 0.6 is 0 Å². The zero-order chi connectivity index (χ0) is 21.8. The third kappa shape index (κ3) is 4.24. The van der Waals surface area contributed by atoms with E-state index < -0.39 is 0 Å². The van der Waals surface area contributed by atoms with Crippen molar-refractivity contribution in [2.45, 2.75) is 0 Å². The van der Waals surface area contributed by atoms with E-state index in [1.807, 2.05) is 36.4 Å². The first-order valence-corrected chi connectivity index (χ1v) is 10.1. The summed E-state index contributed by atoms with van der Waals surface area (Å²) < 4.78 is 18.2. The summed E-state index contributed by atoms with van der Waals surface area (Å²) in [6.45, 7) is 0. The van der Waals surface area contributed by atoms with Crippen LogP contribution < -0.4 is 18.8 Å². The van der Waals surface area contributed by atoms with Gasteiger partial charge in [-0.25, -0.2) is 0 Å². The minimum atomic E-state index is 0.841. The highest BCUT2D eigenvalue weighted by atomic mass is 16.5. The quantitative estimate of drug-likeness (QED) is 0.390. The van der Waals surface area contributed by atoms with Crippen LogP contribution in [0.1, 0.15) is 0 Å². The summed E-state index contributed by atoms with van der Waals surface area (Å²) >= 11 is 0. The van der Waals surface area contributed by atoms with Crippen LogP contribution in [0.3, 0.4) is 0 Å². The number of methoxy groups -OCH3 is 3. The molecule has 4 nitrogen and oxygen atoms in total. The number of benzene rings is 3. The third-order valence-corrected chi connectivity index (χ3v) is 5.50. The summed E-state index contributed by atoms with van der Waals surface area (Å²) in [5, 5.41) is 0. The maximum absolute atomic E-state index is 5.33. The van der Waals surface area contributed by atoms with Gasteiger partial charge in [0, 0.05) is 23.3 Å². The number of pyridine rings is 1. The first kappa shape index (κ1) is 20.5. The molecule has 1 heterocycles. The van der Waals surface area contributed by atoms with Crippen LogP contribution in [0.5, 0.6) is 17.2 Å². The Morgan fingerprint density at radius 3 is 1.10 bits per heavy atom. The van der Waals surface area contributed by atoms with E-state index in [0.717, 1.165) is 50.9 Å². The fraction of sp³-hybridized carbons (Fsp3) is 0.148. The average Bonchev–Trinajstić information content (AvgIpc) is 2.84. The van der Waals surface area contributed by atoms with Crippen LogP contribution in [0.15, 0.2) is 84.9 Å². The van der Waals surface area contributed by atoms with E-state index >= 15 is 0 Å². The summed E-state index contributed by atoms with van der Waals surface area (Å²) in [6.07, 6.45) is 0. The highest BCUT2D eigenvalue weighted by Gasteiger charge is 2.20. The predicted octanol–water partition coefficient (Wildman–Crippen LogP) is 5.54. The van der Waals surface area contributed by atoms with Gasteiger partial charge in [-0.3, -0.25) is 0 Å². The van der Waals surface area contributed by atoms with Crippen LogP contribution in [0.4, 0.5) is 0 Å². The topological polar surface area (TPSA) is 31.6 Å². The molecule has 0 atom stereocenters. The molecule has 0 saturated heterocycles. The summed E-state index contributed by atoms with van der Waals surface area (Å²) in [5.74, 6) is 2.53. The minimum absolute atomic E-state index is 0.841. The van der Waals surface area contributed by atoms with Crippen molar-refractivity contribution in [2.24, 2.45) is 7.05 Å². The lowest BCUT2D eigenvalue weighted by Gasteiger charge is -2.11. The van der Waals surface area contributed by atoms with Crippen molar-refractivity contribution in [3.8, 4) is 50.9 Å². The molecule has 0 spiro atoms. The Kier molecular flexibility index (Phi) is 5.89. The predicted molar refractivity (Wildman–Crippen MR) is 124 cm³/mol. The molecular formula is C27H26NO3+. The van der Waals surface area contributed by atoms with E-state index in [0.29, 0.717) is 0 Å². The molecule has 0 aliphatic carbocycles. The number of ether oxygens (including phenoxy) is 3. The van der Waals surface area contributed by atoms with E-state index in [4.69, 9.17) is 14.2 Å². The molecule has 0 saturated carbocycles. The normalized spacial score (nSPS) is 10.6. The second-order valence-electron chi connectivity index (χ2n) is 7.26. The third-order valence-electron chi connectivity index (χ3n) is 5.50. The molecule has 1 aromatic heterocycles. The molecule has 4 aromatic rings. The molecule has 4 rings (SSSR count). The van der Waals surface area contributed by atoms with E-state index in [2.05, 4.69) is 60.1 Å². The van der Waals surface area contributed by atoms with E-state index in [9.17, 15) is 0 Å². The summed E-state index contributed by atoms with van der Waals surface area (Å²) in [6, 6.07) is 28.9. The number of rotatable bonds is 6. The Labute approximate surface area is 183 Å². The molecule has 4 heteroatoms. The first-order valence-electron chi connectivity index (χ1n) is 10.1. The molecule has 0 unspecified atom stereocenters. The van der Waals surface area contributed by atoms with Gasteiger partial charge in [-0.2, -0.15) is 4.57 Å². The highest BCUT2D eigenvalue weighted by Crippen LogP contribution is 2.31. The lowest BCUT2D eigenvalue weighted by atomic mass is 9.99. The molecule has 0 N–H and O–H groups in total. The van der Waals surface area contributed by atoms with E-state index in [1.54, 1.807) is 21.3 Å². The van der Waals surface area contributed by atoms with Crippen molar-refractivity contribution in [1.29, 1.82) is 0 Å². The zero-order valence-corrected chi connectivity index (χ0v) is 18.3. The monoisotopic (exact) mass is 412 g/mol. The maximum atomic E-state index is 5.33. The van der Waals surface area contributed by atoms with Crippen molar-refractivity contribution in [3.05, 3.63) is 84.9 Å². The molecule has 0 aliphatic rings. The number of hydrogen-bond donors (Lipinski definition) is 0. The Balaban J connectivity index is 1.89. The Bertz CT molecular complexity index is 1100. The zero-order valence-electron chi connectivity index (χ0n) is 18.3. The van der Waals surface area contributed by atoms with Crippen molar-refractivity contribution in [2.75, 3.05) is 21.3 Å². The fourth-order valence-corrected chi connectivity index (χ4v) is 3.69. The van der Waals surface area contributed by atoms with Crippen molar-refractivity contribution in [1.82, 2.24) is 0 Å². The van der Waals surface area contributed by atoms with Crippen molar-refractivity contribution < 1.29 is 18.8 Å². The molecule has 31 heavy (non-hydrogen) atoms. The second-order valence-corrected chi connectivity index (χ2v) is 7.26. The highest BCUT2D eigenvalue weighted by molar-refractivity contribution is 5.74. The lowest BCUT2D eigenvalue weighted by Crippen LogP contribution is -2.34. The fourth-order valence-electron chi connectivity index (χ4n) is 3.69. The number of nitrogens with zero attached hydrogens (tertiary/aromatic N) is 1. The molecule has 0 radical (unpaired) electrons. The molecule has 0 bridgehead atoms. The largest absolute Gasteiger partial charge is 0.497 e. The minimum Gasteiger partial charge on any atom is -0.497 e. The Morgan fingerprint density at radius 1 is 0.452 bits per heavy atom. The van der Waals surface area contributed by atoms with Crippen molar-refractivity contribution in [3.63, 3.8) is 0 Å². The smallest absolute Gasteiger partial charge is 0.213 e. The first-order chi connectivity index (χ1) is 15.1. The van der Waals surface area contributed by atoms with Gasteiger partial charge in [-0.05, 0) is 71.8 Å². The summed E-state index contributed by atoms with van der Waals surface area (Å²) in [7, 11) is 7.14. The maximum Gasteiger partial charge on any atom is 0.213 e. The molecule has 0 aliphatic heterocycles. The average molecular weight is 413 g/mol. The van der Waals surface area contributed by atoms with Gasteiger partial charge in [0.25, 0.3) is 0 Å². The SMILES string of the molecule is COc1ccc(-c2cc(-c3ccc(OC)cc3)[n+](C)c(-c3ccc(OC)cc3)c2)cc1. The van der Waals surface area contributed by atoms with E-state index in [-0.39, 0.29) is 0 Å². The van der Waals surface area contributed by atoms with Crippen LogP contribution in [-0.2, 0) is 7.05 Å². The van der Waals surface area contributed by atoms with Gasteiger partial charge in [0.2, 0.25) is 11.4 Å². The molecule has 156 valence electrons. The van der Waals surface area contributed by atoms with E-state index in [1.165, 1.54) is 0 Å². The van der Waals surface area contributed by atoms with Gasteiger partial charge in [0.05, 0.1) is 21.3 Å². The van der Waals surface area contributed by atoms with Crippen LogP contribution in [0.25, 0.3) is 33.6 Å². The molecule has 3 aromatic carbocycles. The molecule has 0 fully saturated rings. The van der Waals surface area contributed by atoms with Gasteiger partial charge < -0.3 is 14.2 Å². The summed E-state index contributed by atoms with van der Waals surface area (Å²) in [5.41, 5.74) is 6.73. The Hall–Kier alpha value is -3.79.